The SMILES string of the molecule is CC(C)(C)c1ccc(C(Cl)c2ccc(Br)c(F)c2)cc1. The molecule has 2 aromatic rings. The topological polar surface area (TPSA) is 0 Å². The van der Waals surface area contributed by atoms with E-state index in [2.05, 4.69) is 48.8 Å². The van der Waals surface area contributed by atoms with Crippen molar-refractivity contribution in [3.8, 4) is 0 Å². The Bertz CT molecular complexity index is 599. The molecular weight excluding hydrogens is 339 g/mol. The van der Waals surface area contributed by atoms with Crippen LogP contribution in [0.3, 0.4) is 0 Å². The molecule has 0 aliphatic heterocycles. The van der Waals surface area contributed by atoms with Gasteiger partial charge in [-0.05, 0) is 50.2 Å². The van der Waals surface area contributed by atoms with E-state index in [4.69, 9.17) is 11.6 Å². The summed E-state index contributed by atoms with van der Waals surface area (Å²) in [5.41, 5.74) is 3.11. The van der Waals surface area contributed by atoms with Gasteiger partial charge in [-0.2, -0.15) is 0 Å². The van der Waals surface area contributed by atoms with Crippen molar-refractivity contribution in [2.24, 2.45) is 0 Å². The molecule has 0 aliphatic rings. The second-order valence-electron chi connectivity index (χ2n) is 5.91. The van der Waals surface area contributed by atoms with Crippen molar-refractivity contribution in [3.63, 3.8) is 0 Å². The molecule has 0 spiro atoms. The monoisotopic (exact) mass is 354 g/mol. The highest BCUT2D eigenvalue weighted by molar-refractivity contribution is 9.10. The van der Waals surface area contributed by atoms with E-state index in [1.807, 2.05) is 18.2 Å². The van der Waals surface area contributed by atoms with E-state index in [1.54, 1.807) is 6.07 Å². The Morgan fingerprint density at radius 1 is 1.00 bits per heavy atom. The molecule has 0 aromatic heterocycles. The molecule has 0 amide bonds. The van der Waals surface area contributed by atoms with Crippen LogP contribution in [0.1, 0.15) is 42.8 Å². The standard InChI is InChI=1S/C17H17BrClF/c1-17(2,3)13-7-4-11(5-8-13)16(19)12-6-9-14(18)15(20)10-12/h4-10,16H,1-3H3. The zero-order chi connectivity index (χ0) is 14.9. The predicted molar refractivity (Wildman–Crippen MR) is 86.9 cm³/mol. The lowest BCUT2D eigenvalue weighted by Crippen LogP contribution is -2.10. The fourth-order valence-corrected chi connectivity index (χ4v) is 2.54. The van der Waals surface area contributed by atoms with Crippen LogP contribution in [0, 0.1) is 5.82 Å². The van der Waals surface area contributed by atoms with Gasteiger partial charge in [0.15, 0.2) is 0 Å². The van der Waals surface area contributed by atoms with E-state index < -0.39 is 0 Å². The number of rotatable bonds is 2. The van der Waals surface area contributed by atoms with Crippen molar-refractivity contribution < 1.29 is 4.39 Å². The highest BCUT2D eigenvalue weighted by Crippen LogP contribution is 2.32. The molecule has 3 heteroatoms. The van der Waals surface area contributed by atoms with Crippen molar-refractivity contribution in [1.29, 1.82) is 0 Å². The first-order valence-electron chi connectivity index (χ1n) is 6.48. The molecule has 0 aliphatic carbocycles. The lowest BCUT2D eigenvalue weighted by Gasteiger charge is -2.20. The summed E-state index contributed by atoms with van der Waals surface area (Å²) in [6, 6.07) is 13.2. The summed E-state index contributed by atoms with van der Waals surface area (Å²) in [6.45, 7) is 6.51. The zero-order valence-electron chi connectivity index (χ0n) is 11.8. The smallest absolute Gasteiger partial charge is 0.137 e. The summed E-state index contributed by atoms with van der Waals surface area (Å²) in [7, 11) is 0. The molecule has 0 N–H and O–H groups in total. The molecular formula is C17H17BrClF. The Hall–Kier alpha value is -0.860. The van der Waals surface area contributed by atoms with Gasteiger partial charge in [-0.15, -0.1) is 11.6 Å². The van der Waals surface area contributed by atoms with Crippen molar-refractivity contribution in [3.05, 3.63) is 69.4 Å². The fourth-order valence-electron chi connectivity index (χ4n) is 2.01. The van der Waals surface area contributed by atoms with E-state index in [9.17, 15) is 4.39 Å². The number of benzene rings is 2. The number of halogens is 3. The first-order valence-corrected chi connectivity index (χ1v) is 7.71. The van der Waals surface area contributed by atoms with Gasteiger partial charge in [-0.25, -0.2) is 4.39 Å². The quantitative estimate of drug-likeness (QED) is 0.561. The van der Waals surface area contributed by atoms with Crippen LogP contribution >= 0.6 is 27.5 Å². The summed E-state index contributed by atoms with van der Waals surface area (Å²) >= 11 is 9.59. The summed E-state index contributed by atoms with van der Waals surface area (Å²) in [5.74, 6) is -0.292. The van der Waals surface area contributed by atoms with Crippen LogP contribution in [0.5, 0.6) is 0 Å². The van der Waals surface area contributed by atoms with Crippen LogP contribution < -0.4 is 0 Å². The summed E-state index contributed by atoms with van der Waals surface area (Å²) in [5, 5.41) is -0.341. The summed E-state index contributed by atoms with van der Waals surface area (Å²) in [4.78, 5) is 0. The number of alkyl halides is 1. The average molecular weight is 356 g/mol. The van der Waals surface area contributed by atoms with Crippen LogP contribution in [0.15, 0.2) is 46.9 Å². The van der Waals surface area contributed by atoms with Crippen LogP contribution in [0.4, 0.5) is 4.39 Å². The van der Waals surface area contributed by atoms with E-state index in [0.29, 0.717) is 4.47 Å². The molecule has 0 fully saturated rings. The Morgan fingerprint density at radius 3 is 2.05 bits per heavy atom. The highest BCUT2D eigenvalue weighted by atomic mass is 79.9. The average Bonchev–Trinajstić information content (AvgIpc) is 2.40. The Balaban J connectivity index is 2.29. The maximum atomic E-state index is 13.6. The summed E-state index contributed by atoms with van der Waals surface area (Å²) < 4.78 is 14.0. The minimum Gasteiger partial charge on any atom is -0.206 e. The number of hydrogen-bond donors (Lipinski definition) is 0. The molecule has 1 unspecified atom stereocenters. The maximum absolute atomic E-state index is 13.6. The minimum absolute atomic E-state index is 0.115. The van der Waals surface area contributed by atoms with Gasteiger partial charge in [0.1, 0.15) is 5.82 Å². The molecule has 0 heterocycles. The molecule has 106 valence electrons. The second-order valence-corrected chi connectivity index (χ2v) is 7.20. The van der Waals surface area contributed by atoms with Gasteiger partial charge in [0.2, 0.25) is 0 Å². The first kappa shape index (κ1) is 15.5. The van der Waals surface area contributed by atoms with Gasteiger partial charge >= 0.3 is 0 Å². The molecule has 0 saturated carbocycles. The third-order valence-electron chi connectivity index (χ3n) is 3.31. The van der Waals surface area contributed by atoms with Crippen molar-refractivity contribution in [2.75, 3.05) is 0 Å². The lowest BCUT2D eigenvalue weighted by molar-refractivity contribution is 0.590. The Morgan fingerprint density at radius 2 is 1.55 bits per heavy atom. The van der Waals surface area contributed by atoms with Gasteiger partial charge in [0, 0.05) is 0 Å². The molecule has 2 rings (SSSR count). The minimum atomic E-state index is -0.341. The predicted octanol–water partition coefficient (Wildman–Crippen LogP) is 6.21. The third-order valence-corrected chi connectivity index (χ3v) is 4.45. The van der Waals surface area contributed by atoms with Crippen LogP contribution in [-0.2, 0) is 5.41 Å². The maximum Gasteiger partial charge on any atom is 0.137 e. The van der Waals surface area contributed by atoms with Crippen LogP contribution in [-0.4, -0.2) is 0 Å². The molecule has 20 heavy (non-hydrogen) atoms. The van der Waals surface area contributed by atoms with Gasteiger partial charge in [0.05, 0.1) is 9.85 Å². The number of hydrogen-bond acceptors (Lipinski definition) is 0. The molecule has 0 saturated heterocycles. The normalized spacial score (nSPS) is 13.3. The molecule has 0 radical (unpaired) electrons. The van der Waals surface area contributed by atoms with Crippen molar-refractivity contribution >= 4 is 27.5 Å². The largest absolute Gasteiger partial charge is 0.206 e. The molecule has 0 nitrogen and oxygen atoms in total. The Kier molecular flexibility index (Phi) is 4.55. The van der Waals surface area contributed by atoms with Gasteiger partial charge < -0.3 is 0 Å². The van der Waals surface area contributed by atoms with Crippen molar-refractivity contribution in [1.82, 2.24) is 0 Å². The Labute approximate surface area is 133 Å². The third kappa shape index (κ3) is 3.42. The van der Waals surface area contributed by atoms with Gasteiger partial charge in [0.25, 0.3) is 0 Å². The zero-order valence-corrected chi connectivity index (χ0v) is 14.1. The van der Waals surface area contributed by atoms with E-state index >= 15 is 0 Å². The van der Waals surface area contributed by atoms with E-state index in [-0.39, 0.29) is 16.6 Å². The molecule has 2 aromatic carbocycles. The first-order chi connectivity index (χ1) is 9.29. The fraction of sp³-hybridized carbons (Fsp3) is 0.294. The van der Waals surface area contributed by atoms with E-state index in [0.717, 1.165) is 11.1 Å². The second kappa shape index (κ2) is 5.87. The molecule has 0 bridgehead atoms. The van der Waals surface area contributed by atoms with Crippen LogP contribution in [0.2, 0.25) is 0 Å². The van der Waals surface area contributed by atoms with Gasteiger partial charge in [-0.1, -0.05) is 51.1 Å². The van der Waals surface area contributed by atoms with Gasteiger partial charge in [-0.3, -0.25) is 0 Å². The van der Waals surface area contributed by atoms with Crippen LogP contribution in [0.25, 0.3) is 0 Å². The molecule has 1 atom stereocenters. The van der Waals surface area contributed by atoms with Crippen molar-refractivity contribution in [2.45, 2.75) is 31.6 Å². The highest BCUT2D eigenvalue weighted by Gasteiger charge is 2.16. The van der Waals surface area contributed by atoms with E-state index in [1.165, 1.54) is 11.6 Å². The lowest BCUT2D eigenvalue weighted by atomic mass is 9.86. The summed E-state index contributed by atoms with van der Waals surface area (Å²) in [6.07, 6.45) is 0.